The van der Waals surface area contributed by atoms with E-state index in [1.54, 1.807) is 12.1 Å². The van der Waals surface area contributed by atoms with E-state index in [-0.39, 0.29) is 11.4 Å². The number of benzene rings is 1. The van der Waals surface area contributed by atoms with E-state index in [0.29, 0.717) is 0 Å². The Morgan fingerprint density at radius 3 is 2.63 bits per heavy atom. The third kappa shape index (κ3) is 2.76. The van der Waals surface area contributed by atoms with Gasteiger partial charge in [-0.05, 0) is 30.5 Å². The monoisotopic (exact) mass is 284 g/mol. The number of phenols is 1. The molecule has 2 rings (SSSR count). The first-order valence-corrected chi connectivity index (χ1v) is 7.43. The quantitative estimate of drug-likeness (QED) is 0.785. The van der Waals surface area contributed by atoms with E-state index in [1.807, 2.05) is 4.72 Å². The van der Waals surface area contributed by atoms with Gasteiger partial charge in [-0.2, -0.15) is 8.42 Å². The average Bonchev–Trinajstić information content (AvgIpc) is 2.61. The van der Waals surface area contributed by atoms with Crippen LogP contribution in [-0.4, -0.2) is 18.6 Å². The first-order valence-electron chi connectivity index (χ1n) is 5.99. The molecule has 7 heteroatoms. The Morgan fingerprint density at radius 1 is 1.32 bits per heavy atom. The predicted molar refractivity (Wildman–Crippen MR) is 72.0 cm³/mol. The number of aliphatic hydroxyl groups is 1. The average molecular weight is 284 g/mol. The lowest BCUT2D eigenvalue weighted by Crippen LogP contribution is -2.29. The third-order valence-electron chi connectivity index (χ3n) is 2.83. The van der Waals surface area contributed by atoms with Crippen molar-refractivity contribution in [3.8, 4) is 5.75 Å². The van der Waals surface area contributed by atoms with Crippen molar-refractivity contribution >= 4 is 15.9 Å². The van der Waals surface area contributed by atoms with E-state index in [4.69, 9.17) is 0 Å². The lowest BCUT2D eigenvalue weighted by molar-refractivity contribution is 0.392. The van der Waals surface area contributed by atoms with Crippen LogP contribution in [0, 0.1) is 0 Å². The number of unbranched alkanes of at least 4 members (excludes halogenated alkanes) is 1. The number of aryl methyl sites for hydroxylation is 1. The highest BCUT2D eigenvalue weighted by Crippen LogP contribution is 2.32. The van der Waals surface area contributed by atoms with E-state index < -0.39 is 16.1 Å². The van der Waals surface area contributed by atoms with Gasteiger partial charge >= 0.3 is 10.2 Å². The predicted octanol–water partition coefficient (Wildman–Crippen LogP) is 1.75. The molecule has 1 aliphatic heterocycles. The van der Waals surface area contributed by atoms with Crippen molar-refractivity contribution < 1.29 is 18.6 Å². The second kappa shape index (κ2) is 5.00. The van der Waals surface area contributed by atoms with E-state index in [9.17, 15) is 18.6 Å². The number of nitrogens with zero attached hydrogens (tertiary/aromatic N) is 1. The van der Waals surface area contributed by atoms with Crippen LogP contribution in [0.2, 0.25) is 0 Å². The number of anilines is 1. The highest BCUT2D eigenvalue weighted by molar-refractivity contribution is 7.91. The summed E-state index contributed by atoms with van der Waals surface area (Å²) < 4.78 is 26.2. The van der Waals surface area contributed by atoms with Gasteiger partial charge in [0.05, 0.1) is 6.20 Å². The van der Waals surface area contributed by atoms with Crippen LogP contribution in [0.25, 0.3) is 0 Å². The molecule has 1 aromatic carbocycles. The van der Waals surface area contributed by atoms with Gasteiger partial charge in [0.2, 0.25) is 5.88 Å². The first kappa shape index (κ1) is 13.5. The Balaban J connectivity index is 2.39. The summed E-state index contributed by atoms with van der Waals surface area (Å²) in [4.78, 5) is 0. The van der Waals surface area contributed by atoms with Gasteiger partial charge in [-0.15, -0.1) is 0 Å². The molecule has 0 spiro atoms. The van der Waals surface area contributed by atoms with Gasteiger partial charge in [0.1, 0.15) is 11.4 Å². The summed E-state index contributed by atoms with van der Waals surface area (Å²) in [7, 11) is -3.87. The zero-order valence-corrected chi connectivity index (χ0v) is 11.3. The van der Waals surface area contributed by atoms with Crippen LogP contribution in [0.15, 0.2) is 30.3 Å². The summed E-state index contributed by atoms with van der Waals surface area (Å²) in [5, 5.41) is 19.0. The molecule has 0 aliphatic carbocycles. The molecule has 0 saturated carbocycles. The number of phenolic OH excluding ortho intramolecular Hbond substituents is 1. The van der Waals surface area contributed by atoms with Gasteiger partial charge in [0.25, 0.3) is 0 Å². The van der Waals surface area contributed by atoms with Crippen LogP contribution < -0.4 is 9.03 Å². The SMILES string of the molecule is CCCCc1ccc(O)c(N2C=C(O)NS2(=O)=O)c1. The fourth-order valence-electron chi connectivity index (χ4n) is 1.87. The number of hydrogen-bond donors (Lipinski definition) is 3. The topological polar surface area (TPSA) is 89.9 Å². The van der Waals surface area contributed by atoms with Crippen molar-refractivity contribution in [2.75, 3.05) is 4.31 Å². The van der Waals surface area contributed by atoms with E-state index in [2.05, 4.69) is 6.92 Å². The maximum Gasteiger partial charge on any atom is 0.330 e. The van der Waals surface area contributed by atoms with Crippen LogP contribution in [0.4, 0.5) is 5.69 Å². The van der Waals surface area contributed by atoms with Crippen LogP contribution in [-0.2, 0) is 16.6 Å². The minimum atomic E-state index is -3.87. The highest BCUT2D eigenvalue weighted by Gasteiger charge is 2.30. The van der Waals surface area contributed by atoms with Gasteiger partial charge in [0.15, 0.2) is 0 Å². The zero-order valence-electron chi connectivity index (χ0n) is 10.5. The molecule has 0 unspecified atom stereocenters. The van der Waals surface area contributed by atoms with Crippen molar-refractivity contribution in [2.24, 2.45) is 0 Å². The largest absolute Gasteiger partial charge is 0.506 e. The van der Waals surface area contributed by atoms with Crippen molar-refractivity contribution in [2.45, 2.75) is 26.2 Å². The van der Waals surface area contributed by atoms with Crippen molar-refractivity contribution in [3.63, 3.8) is 0 Å². The number of nitrogens with one attached hydrogen (secondary N) is 1. The molecule has 19 heavy (non-hydrogen) atoms. The molecule has 1 aromatic rings. The summed E-state index contributed by atoms with van der Waals surface area (Å²) in [6, 6.07) is 4.83. The molecule has 0 radical (unpaired) electrons. The maximum absolute atomic E-state index is 11.7. The zero-order chi connectivity index (χ0) is 14.0. The molecule has 3 N–H and O–H groups in total. The van der Waals surface area contributed by atoms with Crippen molar-refractivity contribution in [1.29, 1.82) is 0 Å². The molecule has 0 bridgehead atoms. The molecule has 1 aliphatic rings. The molecule has 6 nitrogen and oxygen atoms in total. The Hall–Kier alpha value is -1.89. The van der Waals surface area contributed by atoms with Gasteiger partial charge in [0, 0.05) is 0 Å². The molecular weight excluding hydrogens is 268 g/mol. The molecule has 0 saturated heterocycles. The van der Waals surface area contributed by atoms with Crippen LogP contribution in [0.1, 0.15) is 25.3 Å². The van der Waals surface area contributed by atoms with Gasteiger partial charge in [-0.1, -0.05) is 19.4 Å². The molecule has 0 fully saturated rings. The lowest BCUT2D eigenvalue weighted by Gasteiger charge is -2.16. The molecule has 1 heterocycles. The summed E-state index contributed by atoms with van der Waals surface area (Å²) >= 11 is 0. The fourth-order valence-corrected chi connectivity index (χ4v) is 2.93. The van der Waals surface area contributed by atoms with Crippen LogP contribution in [0.5, 0.6) is 5.75 Å². The first-order chi connectivity index (χ1) is 8.94. The molecule has 0 amide bonds. The fraction of sp³-hybridized carbons (Fsp3) is 0.333. The third-order valence-corrected chi connectivity index (χ3v) is 4.12. The van der Waals surface area contributed by atoms with E-state index in [1.165, 1.54) is 6.07 Å². The van der Waals surface area contributed by atoms with Crippen LogP contribution in [0.3, 0.4) is 0 Å². The summed E-state index contributed by atoms with van der Waals surface area (Å²) in [6.07, 6.45) is 3.84. The summed E-state index contributed by atoms with van der Waals surface area (Å²) in [6.45, 7) is 2.07. The number of rotatable bonds is 4. The van der Waals surface area contributed by atoms with Crippen molar-refractivity contribution in [3.05, 3.63) is 35.8 Å². The Labute approximate surface area is 112 Å². The number of aliphatic hydroxyl groups excluding tert-OH is 1. The molecule has 104 valence electrons. The molecular formula is C12H16N2O4S. The minimum Gasteiger partial charge on any atom is -0.506 e. The second-order valence-electron chi connectivity index (χ2n) is 4.34. The summed E-state index contributed by atoms with van der Waals surface area (Å²) in [5.74, 6) is -0.630. The standard InChI is InChI=1S/C12H16N2O4S/c1-2-3-4-9-5-6-11(15)10(7-9)14-8-12(16)13-19(14,17)18/h5-8,13,15-16H,2-4H2,1H3. The minimum absolute atomic E-state index is 0.130. The lowest BCUT2D eigenvalue weighted by atomic mass is 10.1. The smallest absolute Gasteiger partial charge is 0.330 e. The number of hydrogen-bond acceptors (Lipinski definition) is 4. The maximum atomic E-state index is 11.7. The number of aromatic hydroxyl groups is 1. The normalized spacial score (nSPS) is 17.1. The van der Waals surface area contributed by atoms with E-state index in [0.717, 1.165) is 35.3 Å². The summed E-state index contributed by atoms with van der Waals surface area (Å²) in [5.41, 5.74) is 1.06. The Bertz CT molecular complexity index is 610. The van der Waals surface area contributed by atoms with Crippen LogP contribution >= 0.6 is 0 Å². The van der Waals surface area contributed by atoms with Gasteiger partial charge < -0.3 is 10.2 Å². The molecule has 0 atom stereocenters. The Kier molecular flexibility index (Phi) is 3.57. The van der Waals surface area contributed by atoms with Crippen molar-refractivity contribution in [1.82, 2.24) is 4.72 Å². The van der Waals surface area contributed by atoms with E-state index >= 15 is 0 Å². The Morgan fingerprint density at radius 2 is 2.05 bits per heavy atom. The van der Waals surface area contributed by atoms with Gasteiger partial charge in [-0.3, -0.25) is 0 Å². The highest BCUT2D eigenvalue weighted by atomic mass is 32.2. The second-order valence-corrected chi connectivity index (χ2v) is 5.89. The molecule has 0 aromatic heterocycles. The van der Waals surface area contributed by atoms with Gasteiger partial charge in [-0.25, -0.2) is 9.03 Å².